The standard InChI is InChI=1S/C10H13N3O5S/c1-5-8(19-13-12-5)9(15)11-6(10(16)17)3-4-7(14)18-2/h6H,3-4H2,1-2H3,(H,11,15)(H,16,17)/t6-/m1/s1. The molecule has 1 aromatic heterocycles. The Kier molecular flexibility index (Phi) is 5.37. The van der Waals surface area contributed by atoms with E-state index in [1.165, 1.54) is 7.11 Å². The van der Waals surface area contributed by atoms with Crippen molar-refractivity contribution in [3.8, 4) is 0 Å². The van der Waals surface area contributed by atoms with E-state index in [2.05, 4.69) is 19.6 Å². The van der Waals surface area contributed by atoms with E-state index in [9.17, 15) is 14.4 Å². The van der Waals surface area contributed by atoms with E-state index in [-0.39, 0.29) is 17.7 Å². The summed E-state index contributed by atoms with van der Waals surface area (Å²) >= 11 is 0.883. The highest BCUT2D eigenvalue weighted by Gasteiger charge is 2.23. The number of carbonyl (C=O) groups is 3. The number of hydrogen-bond acceptors (Lipinski definition) is 7. The Bertz CT molecular complexity index is 487. The summed E-state index contributed by atoms with van der Waals surface area (Å²) in [6, 6.07) is -1.16. The van der Waals surface area contributed by atoms with Crippen LogP contribution >= 0.6 is 11.5 Å². The number of carbonyl (C=O) groups excluding carboxylic acids is 2. The minimum absolute atomic E-state index is 0.0426. The number of hydrogen-bond donors (Lipinski definition) is 2. The SMILES string of the molecule is COC(=O)CC[C@@H](NC(=O)c1snnc1C)C(=O)O. The van der Waals surface area contributed by atoms with E-state index in [0.717, 1.165) is 11.5 Å². The van der Waals surface area contributed by atoms with Gasteiger partial charge in [0.25, 0.3) is 5.91 Å². The van der Waals surface area contributed by atoms with Gasteiger partial charge in [-0.3, -0.25) is 9.59 Å². The number of nitrogens with zero attached hydrogens (tertiary/aromatic N) is 2. The lowest BCUT2D eigenvalue weighted by Gasteiger charge is -2.13. The summed E-state index contributed by atoms with van der Waals surface area (Å²) in [7, 11) is 1.21. The lowest BCUT2D eigenvalue weighted by molar-refractivity contribution is -0.142. The molecule has 2 N–H and O–H groups in total. The van der Waals surface area contributed by atoms with E-state index in [0.29, 0.717) is 5.69 Å². The normalized spacial score (nSPS) is 11.7. The van der Waals surface area contributed by atoms with Gasteiger partial charge in [-0.2, -0.15) is 0 Å². The van der Waals surface area contributed by atoms with Crippen LogP contribution in [0.5, 0.6) is 0 Å². The van der Waals surface area contributed by atoms with Gasteiger partial charge in [-0.25, -0.2) is 4.79 Å². The van der Waals surface area contributed by atoms with E-state index in [4.69, 9.17) is 5.11 Å². The molecule has 0 bridgehead atoms. The van der Waals surface area contributed by atoms with Gasteiger partial charge in [0.2, 0.25) is 0 Å². The molecular weight excluding hydrogens is 274 g/mol. The van der Waals surface area contributed by atoms with Gasteiger partial charge in [-0.05, 0) is 24.9 Å². The number of aliphatic carboxylic acids is 1. The van der Waals surface area contributed by atoms with Crippen molar-refractivity contribution in [1.29, 1.82) is 0 Å². The minimum Gasteiger partial charge on any atom is -0.480 e. The van der Waals surface area contributed by atoms with Gasteiger partial charge < -0.3 is 15.2 Å². The van der Waals surface area contributed by atoms with Crippen LogP contribution in [0.3, 0.4) is 0 Å². The molecule has 8 nitrogen and oxygen atoms in total. The van der Waals surface area contributed by atoms with Gasteiger partial charge in [0, 0.05) is 6.42 Å². The summed E-state index contributed by atoms with van der Waals surface area (Å²) in [4.78, 5) is 34.0. The first kappa shape index (κ1) is 15.0. The van der Waals surface area contributed by atoms with Crippen LogP contribution in [0, 0.1) is 6.92 Å². The Morgan fingerprint density at radius 1 is 1.47 bits per heavy atom. The van der Waals surface area contributed by atoms with Crippen molar-refractivity contribution < 1.29 is 24.2 Å². The van der Waals surface area contributed by atoms with Gasteiger partial charge in [0.15, 0.2) is 0 Å². The van der Waals surface area contributed by atoms with Crippen molar-refractivity contribution in [2.24, 2.45) is 0 Å². The van der Waals surface area contributed by atoms with Crippen molar-refractivity contribution in [2.75, 3.05) is 7.11 Å². The van der Waals surface area contributed by atoms with Crippen molar-refractivity contribution >= 4 is 29.4 Å². The third-order valence-electron chi connectivity index (χ3n) is 2.33. The zero-order chi connectivity index (χ0) is 14.4. The predicted octanol–water partition coefficient (Wildman–Crippen LogP) is -0.0173. The van der Waals surface area contributed by atoms with Gasteiger partial charge in [0.05, 0.1) is 12.8 Å². The zero-order valence-electron chi connectivity index (χ0n) is 10.4. The average molecular weight is 287 g/mol. The molecule has 1 aromatic rings. The number of aromatic nitrogens is 2. The Balaban J connectivity index is 2.64. The fraction of sp³-hybridized carbons (Fsp3) is 0.500. The molecule has 0 fully saturated rings. The van der Waals surface area contributed by atoms with E-state index in [1.54, 1.807) is 6.92 Å². The number of aryl methyl sites for hydroxylation is 1. The summed E-state index contributed by atoms with van der Waals surface area (Å²) in [5, 5.41) is 15.0. The molecule has 0 aliphatic carbocycles. The second-order valence-electron chi connectivity index (χ2n) is 3.67. The monoisotopic (exact) mass is 287 g/mol. The van der Waals surface area contributed by atoms with Gasteiger partial charge in [0.1, 0.15) is 10.9 Å². The average Bonchev–Trinajstić information content (AvgIpc) is 2.79. The van der Waals surface area contributed by atoms with Crippen molar-refractivity contribution in [3.63, 3.8) is 0 Å². The molecule has 1 amide bonds. The highest BCUT2D eigenvalue weighted by Crippen LogP contribution is 2.10. The van der Waals surface area contributed by atoms with Gasteiger partial charge in [-0.15, -0.1) is 5.10 Å². The van der Waals surface area contributed by atoms with Crippen LogP contribution in [0.15, 0.2) is 0 Å². The fourth-order valence-corrected chi connectivity index (χ4v) is 1.84. The molecule has 0 saturated carbocycles. The van der Waals surface area contributed by atoms with Gasteiger partial charge >= 0.3 is 11.9 Å². The molecular formula is C10H13N3O5S. The first-order chi connectivity index (χ1) is 8.95. The lowest BCUT2D eigenvalue weighted by atomic mass is 10.1. The molecule has 1 rings (SSSR count). The van der Waals surface area contributed by atoms with Crippen LogP contribution in [-0.4, -0.2) is 45.7 Å². The predicted molar refractivity (Wildman–Crippen MR) is 64.8 cm³/mol. The van der Waals surface area contributed by atoms with Crippen LogP contribution in [0.2, 0.25) is 0 Å². The van der Waals surface area contributed by atoms with E-state index in [1.807, 2.05) is 0 Å². The Hall–Kier alpha value is -2.03. The molecule has 0 radical (unpaired) electrons. The zero-order valence-corrected chi connectivity index (χ0v) is 11.2. The molecule has 104 valence electrons. The molecule has 1 heterocycles. The van der Waals surface area contributed by atoms with Crippen LogP contribution in [0.4, 0.5) is 0 Å². The Morgan fingerprint density at radius 2 is 2.16 bits per heavy atom. The van der Waals surface area contributed by atoms with Crippen LogP contribution < -0.4 is 5.32 Å². The minimum atomic E-state index is -1.22. The van der Waals surface area contributed by atoms with Crippen LogP contribution in [-0.2, 0) is 14.3 Å². The number of esters is 1. The quantitative estimate of drug-likeness (QED) is 0.706. The summed E-state index contributed by atoms with van der Waals surface area (Å²) < 4.78 is 8.01. The molecule has 0 aliphatic rings. The maximum Gasteiger partial charge on any atom is 0.326 e. The molecule has 9 heteroatoms. The third-order valence-corrected chi connectivity index (χ3v) is 3.15. The summed E-state index contributed by atoms with van der Waals surface area (Å²) in [6.45, 7) is 1.60. The summed E-state index contributed by atoms with van der Waals surface area (Å²) in [5.41, 5.74) is 0.430. The number of rotatable bonds is 6. The molecule has 19 heavy (non-hydrogen) atoms. The van der Waals surface area contributed by atoms with Gasteiger partial charge in [-0.1, -0.05) is 4.49 Å². The number of nitrogens with one attached hydrogen (secondary N) is 1. The first-order valence-corrected chi connectivity index (χ1v) is 6.12. The number of amides is 1. The molecule has 0 aliphatic heterocycles. The molecule has 0 spiro atoms. The van der Waals surface area contributed by atoms with Crippen molar-refractivity contribution in [1.82, 2.24) is 14.9 Å². The summed E-state index contributed by atoms with van der Waals surface area (Å²) in [5.74, 6) is -2.31. The Labute approximate surface area is 112 Å². The maximum absolute atomic E-state index is 11.8. The fourth-order valence-electron chi connectivity index (χ4n) is 1.29. The highest BCUT2D eigenvalue weighted by atomic mass is 32.1. The molecule has 1 atom stereocenters. The Morgan fingerprint density at radius 3 is 2.63 bits per heavy atom. The number of carboxylic acid groups (broad SMARTS) is 1. The smallest absolute Gasteiger partial charge is 0.326 e. The lowest BCUT2D eigenvalue weighted by Crippen LogP contribution is -2.41. The largest absolute Gasteiger partial charge is 0.480 e. The van der Waals surface area contributed by atoms with Crippen molar-refractivity contribution in [3.05, 3.63) is 10.6 Å². The van der Waals surface area contributed by atoms with Crippen molar-refractivity contribution in [2.45, 2.75) is 25.8 Å². The highest BCUT2D eigenvalue weighted by molar-refractivity contribution is 7.08. The number of methoxy groups -OCH3 is 1. The molecule has 0 saturated heterocycles. The second-order valence-corrected chi connectivity index (χ2v) is 4.42. The number of carboxylic acids is 1. The maximum atomic E-state index is 11.8. The molecule has 0 unspecified atom stereocenters. The topological polar surface area (TPSA) is 118 Å². The van der Waals surface area contributed by atoms with Crippen LogP contribution in [0.1, 0.15) is 28.2 Å². The van der Waals surface area contributed by atoms with E-state index < -0.39 is 23.9 Å². The van der Waals surface area contributed by atoms with E-state index >= 15 is 0 Å². The second kappa shape index (κ2) is 6.78. The number of ether oxygens (including phenoxy) is 1. The first-order valence-electron chi connectivity index (χ1n) is 5.35. The third kappa shape index (κ3) is 4.28. The summed E-state index contributed by atoms with van der Waals surface area (Å²) in [6.07, 6.45) is -0.132. The molecule has 0 aromatic carbocycles. The van der Waals surface area contributed by atoms with Crippen LogP contribution in [0.25, 0.3) is 0 Å².